The summed E-state index contributed by atoms with van der Waals surface area (Å²) in [4.78, 5) is 30.0. The van der Waals surface area contributed by atoms with Crippen LogP contribution in [-0.2, 0) is 9.59 Å². The number of amidine groups is 1. The molecule has 0 atom stereocenters. The first-order valence-corrected chi connectivity index (χ1v) is 9.03. The molecule has 2 N–H and O–H groups in total. The van der Waals surface area contributed by atoms with Crippen molar-refractivity contribution in [1.82, 2.24) is 4.90 Å². The fourth-order valence-corrected chi connectivity index (χ4v) is 4.07. The number of primary amides is 1. The fourth-order valence-electron chi connectivity index (χ4n) is 2.65. The molecule has 1 fully saturated rings. The first-order chi connectivity index (χ1) is 11.4. The molecule has 2 aliphatic rings. The maximum absolute atomic E-state index is 12.1. The van der Waals surface area contributed by atoms with Crippen LogP contribution in [-0.4, -0.2) is 35.0 Å². The smallest absolute Gasteiger partial charge is 0.286 e. The highest BCUT2D eigenvalue weighted by atomic mass is 35.5. The minimum absolute atomic E-state index is 0.0909. The number of nitrogens with two attached hydrogens (primary N) is 1. The number of halogens is 2. The van der Waals surface area contributed by atoms with Gasteiger partial charge in [-0.2, -0.15) is 4.99 Å². The van der Waals surface area contributed by atoms with E-state index in [2.05, 4.69) is 4.99 Å². The summed E-state index contributed by atoms with van der Waals surface area (Å²) in [5.41, 5.74) is 6.07. The summed E-state index contributed by atoms with van der Waals surface area (Å²) < 4.78 is 0. The summed E-state index contributed by atoms with van der Waals surface area (Å²) >= 11 is 13.3. The quantitative estimate of drug-likeness (QED) is 0.795. The standard InChI is InChI=1S/C16H15Cl2N3O2S/c17-11-2-1-10(12(18)8-11)7-13-15(23)20-16(24-13)21-5-3-9(4-6-21)14(19)22/h1-2,7-9H,3-6H2,(H2,19,22). The summed E-state index contributed by atoms with van der Waals surface area (Å²) in [5, 5.41) is 1.69. The highest BCUT2D eigenvalue weighted by molar-refractivity contribution is 8.18. The van der Waals surface area contributed by atoms with Gasteiger partial charge in [-0.15, -0.1) is 0 Å². The third kappa shape index (κ3) is 3.77. The molecular formula is C16H15Cl2N3O2S. The molecule has 24 heavy (non-hydrogen) atoms. The predicted molar refractivity (Wildman–Crippen MR) is 98.0 cm³/mol. The maximum atomic E-state index is 12.1. The molecule has 2 aliphatic heterocycles. The van der Waals surface area contributed by atoms with Gasteiger partial charge in [-0.3, -0.25) is 9.59 Å². The van der Waals surface area contributed by atoms with Crippen LogP contribution in [0.5, 0.6) is 0 Å². The molecule has 0 radical (unpaired) electrons. The van der Waals surface area contributed by atoms with Crippen molar-refractivity contribution < 1.29 is 9.59 Å². The molecule has 5 nitrogen and oxygen atoms in total. The van der Waals surface area contributed by atoms with Gasteiger partial charge in [-0.05, 0) is 48.4 Å². The van der Waals surface area contributed by atoms with Gasteiger partial charge >= 0.3 is 0 Å². The molecule has 1 aromatic carbocycles. The number of aliphatic imine (C=N–C) groups is 1. The van der Waals surface area contributed by atoms with Crippen LogP contribution in [0.25, 0.3) is 6.08 Å². The van der Waals surface area contributed by atoms with Gasteiger partial charge in [0.2, 0.25) is 5.91 Å². The average Bonchev–Trinajstić information content (AvgIpc) is 2.91. The Morgan fingerprint density at radius 3 is 2.67 bits per heavy atom. The normalized spacial score (nSPS) is 20.6. The number of likely N-dealkylation sites (tertiary alicyclic amines) is 1. The number of amides is 2. The van der Waals surface area contributed by atoms with E-state index in [1.807, 2.05) is 4.90 Å². The molecule has 0 aromatic heterocycles. The first kappa shape index (κ1) is 17.3. The van der Waals surface area contributed by atoms with E-state index >= 15 is 0 Å². The molecule has 126 valence electrons. The van der Waals surface area contributed by atoms with Crippen LogP contribution < -0.4 is 5.73 Å². The van der Waals surface area contributed by atoms with Crippen LogP contribution >= 0.6 is 35.0 Å². The van der Waals surface area contributed by atoms with Crippen molar-refractivity contribution in [3.8, 4) is 0 Å². The molecular weight excluding hydrogens is 369 g/mol. The number of rotatable bonds is 2. The molecule has 1 saturated heterocycles. The zero-order chi connectivity index (χ0) is 17.3. The second-order valence-electron chi connectivity index (χ2n) is 5.64. The zero-order valence-electron chi connectivity index (χ0n) is 12.7. The highest BCUT2D eigenvalue weighted by Crippen LogP contribution is 2.33. The van der Waals surface area contributed by atoms with Crippen molar-refractivity contribution in [2.24, 2.45) is 16.6 Å². The van der Waals surface area contributed by atoms with Crippen LogP contribution in [0.15, 0.2) is 28.1 Å². The van der Waals surface area contributed by atoms with E-state index in [1.54, 1.807) is 24.3 Å². The molecule has 3 rings (SSSR count). The number of hydrogen-bond donors (Lipinski definition) is 1. The Morgan fingerprint density at radius 2 is 2.04 bits per heavy atom. The van der Waals surface area contributed by atoms with Crippen LogP contribution in [0.4, 0.5) is 0 Å². The Labute approximate surface area is 153 Å². The SMILES string of the molecule is NC(=O)C1CCN(C2=NC(=O)C(=Cc3ccc(Cl)cc3Cl)S2)CC1. The Kier molecular flexibility index (Phi) is 5.18. The number of thioether (sulfide) groups is 1. The summed E-state index contributed by atoms with van der Waals surface area (Å²) in [5.74, 6) is -0.630. The monoisotopic (exact) mass is 383 g/mol. The molecule has 1 aromatic rings. The van der Waals surface area contributed by atoms with Crippen LogP contribution in [0, 0.1) is 5.92 Å². The van der Waals surface area contributed by atoms with E-state index < -0.39 is 0 Å². The maximum Gasteiger partial charge on any atom is 0.286 e. The number of piperidine rings is 1. The molecule has 8 heteroatoms. The van der Waals surface area contributed by atoms with Gasteiger partial charge in [0, 0.05) is 29.1 Å². The van der Waals surface area contributed by atoms with Crippen molar-refractivity contribution in [3.05, 3.63) is 38.7 Å². The fraction of sp³-hybridized carbons (Fsp3) is 0.312. The van der Waals surface area contributed by atoms with Crippen molar-refractivity contribution >= 4 is 58.0 Å². The summed E-state index contributed by atoms with van der Waals surface area (Å²) in [6.45, 7) is 1.34. The second-order valence-corrected chi connectivity index (χ2v) is 7.49. The molecule has 0 spiro atoms. The zero-order valence-corrected chi connectivity index (χ0v) is 15.0. The summed E-state index contributed by atoms with van der Waals surface area (Å²) in [7, 11) is 0. The van der Waals surface area contributed by atoms with E-state index in [-0.39, 0.29) is 17.7 Å². The van der Waals surface area contributed by atoms with Crippen LogP contribution in [0.3, 0.4) is 0 Å². The summed E-state index contributed by atoms with van der Waals surface area (Å²) in [6.07, 6.45) is 3.09. The number of carbonyl (C=O) groups excluding carboxylic acids is 2. The van der Waals surface area contributed by atoms with Crippen molar-refractivity contribution in [2.75, 3.05) is 13.1 Å². The van der Waals surface area contributed by atoms with Gasteiger partial charge < -0.3 is 10.6 Å². The molecule has 0 bridgehead atoms. The number of hydrogen-bond acceptors (Lipinski definition) is 4. The number of carbonyl (C=O) groups is 2. The largest absolute Gasteiger partial charge is 0.369 e. The average molecular weight is 384 g/mol. The van der Waals surface area contributed by atoms with Crippen molar-refractivity contribution in [3.63, 3.8) is 0 Å². The van der Waals surface area contributed by atoms with Gasteiger partial charge in [0.1, 0.15) is 0 Å². The van der Waals surface area contributed by atoms with E-state index in [9.17, 15) is 9.59 Å². The molecule has 2 heterocycles. The van der Waals surface area contributed by atoms with Gasteiger partial charge in [0.25, 0.3) is 5.91 Å². The molecule has 0 unspecified atom stereocenters. The second kappa shape index (κ2) is 7.17. The van der Waals surface area contributed by atoms with Gasteiger partial charge in [0.05, 0.1) is 4.91 Å². The Balaban J connectivity index is 1.70. The minimum Gasteiger partial charge on any atom is -0.369 e. The molecule has 0 aliphatic carbocycles. The van der Waals surface area contributed by atoms with Gasteiger partial charge in [-0.25, -0.2) is 0 Å². The van der Waals surface area contributed by atoms with E-state index in [1.165, 1.54) is 11.8 Å². The van der Waals surface area contributed by atoms with E-state index in [4.69, 9.17) is 28.9 Å². The van der Waals surface area contributed by atoms with E-state index in [0.29, 0.717) is 46.0 Å². The van der Waals surface area contributed by atoms with Crippen molar-refractivity contribution in [1.29, 1.82) is 0 Å². The predicted octanol–water partition coefficient (Wildman–Crippen LogP) is 3.16. The third-order valence-corrected chi connectivity index (χ3v) is 5.63. The Hall–Kier alpha value is -1.50. The minimum atomic E-state index is -0.280. The lowest BCUT2D eigenvalue weighted by Crippen LogP contribution is -2.40. The third-order valence-electron chi connectivity index (χ3n) is 4.03. The lowest BCUT2D eigenvalue weighted by Gasteiger charge is -2.31. The Morgan fingerprint density at radius 1 is 1.33 bits per heavy atom. The van der Waals surface area contributed by atoms with Gasteiger partial charge in [0.15, 0.2) is 5.17 Å². The first-order valence-electron chi connectivity index (χ1n) is 7.46. The van der Waals surface area contributed by atoms with Crippen LogP contribution in [0.1, 0.15) is 18.4 Å². The van der Waals surface area contributed by atoms with Gasteiger partial charge in [-0.1, -0.05) is 29.3 Å². The van der Waals surface area contributed by atoms with E-state index in [0.717, 1.165) is 5.56 Å². The number of benzene rings is 1. The molecule has 2 amide bonds. The summed E-state index contributed by atoms with van der Waals surface area (Å²) in [6, 6.07) is 5.12. The topological polar surface area (TPSA) is 75.8 Å². The highest BCUT2D eigenvalue weighted by Gasteiger charge is 2.30. The number of nitrogens with zero attached hydrogens (tertiary/aromatic N) is 2. The molecule has 0 saturated carbocycles. The van der Waals surface area contributed by atoms with Crippen molar-refractivity contribution in [2.45, 2.75) is 12.8 Å². The van der Waals surface area contributed by atoms with Crippen LogP contribution in [0.2, 0.25) is 10.0 Å². The Bertz CT molecular complexity index is 756. The lowest BCUT2D eigenvalue weighted by molar-refractivity contribution is -0.123. The lowest BCUT2D eigenvalue weighted by atomic mass is 9.97.